The van der Waals surface area contributed by atoms with E-state index in [9.17, 15) is 0 Å². The highest BCUT2D eigenvalue weighted by Crippen LogP contribution is 2.58. The van der Waals surface area contributed by atoms with Gasteiger partial charge in [0.2, 0.25) is 0 Å². The number of fused-ring (bicyclic) bond motifs is 10. The van der Waals surface area contributed by atoms with Crippen molar-refractivity contribution in [2.45, 2.75) is 64.2 Å². The molecular formula is C51H40N2. The summed E-state index contributed by atoms with van der Waals surface area (Å²) in [5.41, 5.74) is 15.9. The molecule has 2 nitrogen and oxygen atoms in total. The van der Waals surface area contributed by atoms with Crippen LogP contribution < -0.4 is 10.4 Å². The van der Waals surface area contributed by atoms with Gasteiger partial charge >= 0.3 is 0 Å². The Morgan fingerprint density at radius 2 is 1.28 bits per heavy atom. The molecule has 0 radical (unpaired) electrons. The van der Waals surface area contributed by atoms with Crippen molar-refractivity contribution in [3.05, 3.63) is 142 Å². The van der Waals surface area contributed by atoms with Crippen molar-refractivity contribution in [3.63, 3.8) is 0 Å². The quantitative estimate of drug-likeness (QED) is 0.166. The van der Waals surface area contributed by atoms with Crippen molar-refractivity contribution in [3.8, 4) is 33.6 Å². The maximum Gasteiger partial charge on any atom is 0.146 e. The summed E-state index contributed by atoms with van der Waals surface area (Å²) >= 11 is 0. The molecule has 0 atom stereocenters. The molecule has 53 heavy (non-hydrogen) atoms. The Labute approximate surface area is 309 Å². The zero-order chi connectivity index (χ0) is 35.4. The number of aromatic nitrogens is 2. The molecule has 0 bridgehead atoms. The molecule has 0 unspecified atom stereocenters. The summed E-state index contributed by atoms with van der Waals surface area (Å²) in [7, 11) is 0. The summed E-state index contributed by atoms with van der Waals surface area (Å²) in [6.07, 6.45) is 16.2. The number of benzene rings is 7. The molecule has 0 amide bonds. The molecule has 2 heteroatoms. The maximum atomic E-state index is 5.32. The highest BCUT2D eigenvalue weighted by Gasteiger charge is 2.43. The molecule has 0 fully saturated rings. The maximum absolute atomic E-state index is 5.32. The molecule has 0 saturated carbocycles. The fraction of sp³-hybridized carbons (Fsp3) is 0.196. The van der Waals surface area contributed by atoms with Crippen LogP contribution in [0.4, 0.5) is 0 Å². The minimum Gasteiger partial charge on any atom is -0.293 e. The summed E-state index contributed by atoms with van der Waals surface area (Å²) in [6.45, 7) is 9.75. The third kappa shape index (κ3) is 3.71. The summed E-state index contributed by atoms with van der Waals surface area (Å²) in [5.74, 6) is 1.01. The van der Waals surface area contributed by atoms with Gasteiger partial charge in [-0.2, -0.15) is 0 Å². The topological polar surface area (TPSA) is 17.8 Å². The molecule has 0 saturated heterocycles. The molecule has 4 aliphatic carbocycles. The molecule has 254 valence electrons. The van der Waals surface area contributed by atoms with Crippen LogP contribution in [0.25, 0.3) is 94.8 Å². The van der Waals surface area contributed by atoms with Crippen LogP contribution in [0.2, 0.25) is 0 Å². The number of imidazole rings is 1. The molecule has 7 aromatic carbocycles. The van der Waals surface area contributed by atoms with E-state index in [1.165, 1.54) is 98.5 Å². The highest BCUT2D eigenvalue weighted by atomic mass is 15.1. The zero-order valence-corrected chi connectivity index (χ0v) is 30.8. The molecule has 0 aliphatic heterocycles. The molecule has 12 rings (SSSR count). The Hall–Kier alpha value is -5.73. The summed E-state index contributed by atoms with van der Waals surface area (Å²) in [6, 6.07) is 35.2. The van der Waals surface area contributed by atoms with Gasteiger partial charge in [0.15, 0.2) is 0 Å². The SMILES string of the molecule is CC1(C)c2cc3c(cc2-c2c1ccc1c2=CCCC=1)C(C)(C)c1cc2ccc4c(-c5nc6ccccc6n5C5=CCCC=C5)ccc5ccc(c1-3)c2c54. The molecule has 4 aliphatic rings. The van der Waals surface area contributed by atoms with Gasteiger partial charge in [-0.05, 0) is 155 Å². The first-order chi connectivity index (χ1) is 25.8. The lowest BCUT2D eigenvalue weighted by molar-refractivity contribution is 0.652. The van der Waals surface area contributed by atoms with Crippen LogP contribution in [-0.2, 0) is 10.8 Å². The van der Waals surface area contributed by atoms with Gasteiger partial charge in [0, 0.05) is 22.1 Å². The minimum absolute atomic E-state index is 0.0694. The Kier molecular flexibility index (Phi) is 5.64. The zero-order valence-electron chi connectivity index (χ0n) is 30.8. The molecule has 8 aromatic rings. The lowest BCUT2D eigenvalue weighted by Crippen LogP contribution is -2.30. The third-order valence-electron chi connectivity index (χ3n) is 13.4. The van der Waals surface area contributed by atoms with Gasteiger partial charge in [-0.3, -0.25) is 4.57 Å². The molecule has 1 heterocycles. The fourth-order valence-electron chi connectivity index (χ4n) is 10.7. The molecule has 0 spiro atoms. The van der Waals surface area contributed by atoms with Crippen molar-refractivity contribution < 1.29 is 0 Å². The second-order valence-electron chi connectivity index (χ2n) is 16.9. The van der Waals surface area contributed by atoms with E-state index in [4.69, 9.17) is 4.98 Å². The van der Waals surface area contributed by atoms with E-state index in [0.29, 0.717) is 0 Å². The third-order valence-corrected chi connectivity index (χ3v) is 13.4. The Balaban J connectivity index is 1.14. The van der Waals surface area contributed by atoms with Crippen LogP contribution in [0.3, 0.4) is 0 Å². The predicted molar refractivity (Wildman–Crippen MR) is 224 cm³/mol. The van der Waals surface area contributed by atoms with Crippen LogP contribution in [0, 0.1) is 0 Å². The van der Waals surface area contributed by atoms with E-state index in [2.05, 4.69) is 154 Å². The van der Waals surface area contributed by atoms with Crippen molar-refractivity contribution in [2.75, 3.05) is 0 Å². The Morgan fingerprint density at radius 3 is 2.13 bits per heavy atom. The van der Waals surface area contributed by atoms with Crippen LogP contribution in [0.5, 0.6) is 0 Å². The number of hydrogen-bond donors (Lipinski definition) is 0. The molecule has 0 N–H and O–H groups in total. The first kappa shape index (κ1) is 29.8. The minimum atomic E-state index is -0.126. The van der Waals surface area contributed by atoms with Crippen molar-refractivity contribution in [1.82, 2.24) is 9.55 Å². The van der Waals surface area contributed by atoms with Crippen LogP contribution >= 0.6 is 0 Å². The average molecular weight is 681 g/mol. The lowest BCUT2D eigenvalue weighted by atomic mass is 9.79. The van der Waals surface area contributed by atoms with E-state index < -0.39 is 0 Å². The van der Waals surface area contributed by atoms with E-state index >= 15 is 0 Å². The Bertz CT molecular complexity index is 3160. The van der Waals surface area contributed by atoms with Crippen molar-refractivity contribution in [2.24, 2.45) is 0 Å². The van der Waals surface area contributed by atoms with Crippen molar-refractivity contribution >= 4 is 61.2 Å². The van der Waals surface area contributed by atoms with Gasteiger partial charge in [-0.15, -0.1) is 0 Å². The van der Waals surface area contributed by atoms with E-state index in [1.54, 1.807) is 0 Å². The molecule has 1 aromatic heterocycles. The second kappa shape index (κ2) is 10.0. The number of hydrogen-bond acceptors (Lipinski definition) is 1. The van der Waals surface area contributed by atoms with Gasteiger partial charge in [0.1, 0.15) is 5.82 Å². The smallest absolute Gasteiger partial charge is 0.146 e. The van der Waals surface area contributed by atoms with Crippen LogP contribution in [0.1, 0.15) is 75.6 Å². The van der Waals surface area contributed by atoms with Gasteiger partial charge < -0.3 is 0 Å². The second-order valence-corrected chi connectivity index (χ2v) is 16.9. The number of rotatable bonds is 2. The van der Waals surface area contributed by atoms with E-state index in [1.807, 2.05) is 0 Å². The summed E-state index contributed by atoms with van der Waals surface area (Å²) in [5, 5.41) is 10.8. The number of allylic oxidation sites excluding steroid dienone is 4. The van der Waals surface area contributed by atoms with Crippen LogP contribution in [-0.4, -0.2) is 9.55 Å². The van der Waals surface area contributed by atoms with E-state index in [-0.39, 0.29) is 10.8 Å². The summed E-state index contributed by atoms with van der Waals surface area (Å²) < 4.78 is 2.38. The largest absolute Gasteiger partial charge is 0.293 e. The first-order valence-electron chi connectivity index (χ1n) is 19.4. The predicted octanol–water partition coefficient (Wildman–Crippen LogP) is 11.8. The van der Waals surface area contributed by atoms with E-state index in [0.717, 1.165) is 42.5 Å². The standard InChI is InChI=1S/C51H40N2/c1-50(2)39-25-21-29-12-8-9-15-33(29)47(39)37-27-41-38(28-40(37)50)48-36-24-19-30-18-23-35(34-22-20-31(46(36)45(30)34)26-42(48)51(41,3)4)49-52-43-16-10-11-17-44(43)53(49)32-13-6-5-7-14-32/h6,10-28H,5,7-9H2,1-4H3. The van der Waals surface area contributed by atoms with Crippen molar-refractivity contribution in [1.29, 1.82) is 0 Å². The van der Waals surface area contributed by atoms with Gasteiger partial charge in [0.05, 0.1) is 11.0 Å². The van der Waals surface area contributed by atoms with Crippen LogP contribution in [0.15, 0.2) is 109 Å². The van der Waals surface area contributed by atoms with Gasteiger partial charge in [-0.1, -0.05) is 107 Å². The first-order valence-corrected chi connectivity index (χ1v) is 19.4. The lowest BCUT2D eigenvalue weighted by Gasteiger charge is -2.24. The monoisotopic (exact) mass is 680 g/mol. The number of para-hydroxylation sites is 2. The summed E-state index contributed by atoms with van der Waals surface area (Å²) in [4.78, 5) is 5.32. The molecular weight excluding hydrogens is 641 g/mol. The normalized spacial score (nSPS) is 17.4. The average Bonchev–Trinajstić information content (AvgIpc) is 3.76. The van der Waals surface area contributed by atoms with Gasteiger partial charge in [0.25, 0.3) is 0 Å². The fourth-order valence-corrected chi connectivity index (χ4v) is 10.7. The van der Waals surface area contributed by atoms with Gasteiger partial charge in [-0.25, -0.2) is 4.98 Å². The Morgan fingerprint density at radius 1 is 0.566 bits per heavy atom. The number of nitrogens with zero attached hydrogens (tertiary/aromatic N) is 2. The highest BCUT2D eigenvalue weighted by molar-refractivity contribution is 6.28.